The van der Waals surface area contributed by atoms with Crippen LogP contribution in [0.5, 0.6) is 0 Å². The van der Waals surface area contributed by atoms with Gasteiger partial charge in [0, 0.05) is 11.1 Å². The van der Waals surface area contributed by atoms with Gasteiger partial charge in [-0.1, -0.05) is 13.2 Å². The van der Waals surface area contributed by atoms with Crippen molar-refractivity contribution in [3.05, 3.63) is 24.3 Å². The summed E-state index contributed by atoms with van der Waals surface area (Å²) in [5.41, 5.74) is 0.352. The Balaban J connectivity index is -0.0000000625. The molecular weight excluding hydrogens is 216 g/mol. The first-order chi connectivity index (χ1) is 5.29. The van der Waals surface area contributed by atoms with E-state index in [1.165, 1.54) is 13.8 Å². The lowest BCUT2D eigenvalue weighted by atomic mass is 10.4. The van der Waals surface area contributed by atoms with Crippen LogP contribution in [0.3, 0.4) is 0 Å². The highest BCUT2D eigenvalue weighted by Gasteiger charge is 1.90. The summed E-state index contributed by atoms with van der Waals surface area (Å²) in [6.45, 7) is 9.20. The molecule has 0 aliphatic rings. The molecule has 0 aliphatic carbocycles. The lowest BCUT2D eigenvalue weighted by Crippen LogP contribution is -1.92. The van der Waals surface area contributed by atoms with Crippen LogP contribution in [0.4, 0.5) is 0 Å². The standard InChI is InChI=1S/2C4H6O2.2H4Si/c2*1-3(2)4(5)6;;/h2*1H2,2H3,(H,5,6);2*1H4. The highest BCUT2D eigenvalue weighted by molar-refractivity contribution is 5.85. The highest BCUT2D eigenvalue weighted by Crippen LogP contribution is 1.81. The Bertz CT molecular complexity index is 175. The minimum absolute atomic E-state index is 0. The summed E-state index contributed by atoms with van der Waals surface area (Å²) in [6, 6.07) is 0. The second-order valence-electron chi connectivity index (χ2n) is 2.17. The Morgan fingerprint density at radius 2 is 0.929 bits per heavy atom. The lowest BCUT2D eigenvalue weighted by Gasteiger charge is -1.79. The molecule has 0 spiro atoms. The SMILES string of the molecule is C=C(C)C(=O)O.C=C(C)C(=O)O.[SiH4].[SiH4]. The summed E-state index contributed by atoms with van der Waals surface area (Å²) in [5, 5.41) is 15.8. The fourth-order valence-electron chi connectivity index (χ4n) is 0. The van der Waals surface area contributed by atoms with Gasteiger partial charge >= 0.3 is 11.9 Å². The van der Waals surface area contributed by atoms with Gasteiger partial charge in [-0.05, 0) is 35.8 Å². The molecule has 0 fully saturated rings. The Morgan fingerprint density at radius 3 is 0.929 bits per heavy atom. The van der Waals surface area contributed by atoms with Crippen molar-refractivity contribution >= 4 is 33.9 Å². The van der Waals surface area contributed by atoms with Gasteiger partial charge in [0.2, 0.25) is 0 Å². The van der Waals surface area contributed by atoms with Crippen LogP contribution in [0.15, 0.2) is 24.3 Å². The van der Waals surface area contributed by atoms with Crippen molar-refractivity contribution in [3.63, 3.8) is 0 Å². The van der Waals surface area contributed by atoms with Crippen LogP contribution in [-0.4, -0.2) is 44.1 Å². The molecule has 0 atom stereocenters. The average Bonchev–Trinajstić information content (AvgIpc) is 1.88. The van der Waals surface area contributed by atoms with Gasteiger partial charge in [-0.3, -0.25) is 0 Å². The van der Waals surface area contributed by atoms with Gasteiger partial charge in [0.25, 0.3) is 0 Å². The van der Waals surface area contributed by atoms with Crippen LogP contribution in [0.25, 0.3) is 0 Å². The van der Waals surface area contributed by atoms with E-state index in [1.807, 2.05) is 0 Å². The maximum atomic E-state index is 9.60. The number of hydrogen-bond acceptors (Lipinski definition) is 2. The zero-order valence-corrected chi connectivity index (χ0v) is 7.13. The average molecular weight is 236 g/mol. The summed E-state index contributed by atoms with van der Waals surface area (Å²) in [7, 11) is 0. The predicted octanol–water partition coefficient (Wildman–Crippen LogP) is -1.61. The zero-order valence-electron chi connectivity index (χ0n) is 7.13. The van der Waals surface area contributed by atoms with Crippen LogP contribution in [-0.2, 0) is 9.59 Å². The molecule has 84 valence electrons. The molecule has 0 aromatic carbocycles. The summed E-state index contributed by atoms with van der Waals surface area (Å²) in [6.07, 6.45) is 0. The van der Waals surface area contributed by atoms with Crippen molar-refractivity contribution in [2.75, 3.05) is 0 Å². The van der Waals surface area contributed by atoms with Crippen LogP contribution < -0.4 is 0 Å². The third-order valence-electron chi connectivity index (χ3n) is 0.730. The van der Waals surface area contributed by atoms with Crippen molar-refractivity contribution in [1.82, 2.24) is 0 Å². The van der Waals surface area contributed by atoms with E-state index in [4.69, 9.17) is 10.2 Å². The van der Waals surface area contributed by atoms with Gasteiger partial charge < -0.3 is 10.2 Å². The molecule has 0 aromatic rings. The van der Waals surface area contributed by atoms with Crippen LogP contribution in [0.2, 0.25) is 0 Å². The van der Waals surface area contributed by atoms with Crippen molar-refractivity contribution in [2.45, 2.75) is 13.8 Å². The van der Waals surface area contributed by atoms with E-state index in [1.54, 1.807) is 0 Å². The number of rotatable bonds is 2. The molecule has 0 aromatic heterocycles. The smallest absolute Gasteiger partial charge is 0.330 e. The Hall–Kier alpha value is -1.15. The van der Waals surface area contributed by atoms with Gasteiger partial charge in [0.15, 0.2) is 0 Å². The molecule has 14 heavy (non-hydrogen) atoms. The van der Waals surface area contributed by atoms with E-state index in [9.17, 15) is 9.59 Å². The molecule has 0 aliphatic heterocycles. The fourth-order valence-corrected chi connectivity index (χ4v) is 0. The Kier molecular flexibility index (Phi) is 19.5. The Morgan fingerprint density at radius 1 is 0.857 bits per heavy atom. The van der Waals surface area contributed by atoms with Crippen molar-refractivity contribution < 1.29 is 19.8 Å². The minimum Gasteiger partial charge on any atom is -0.478 e. The number of aliphatic carboxylic acids is 2. The maximum Gasteiger partial charge on any atom is 0.330 e. The predicted molar refractivity (Wildman–Crippen MR) is 67.6 cm³/mol. The van der Waals surface area contributed by atoms with Crippen LogP contribution >= 0.6 is 0 Å². The second kappa shape index (κ2) is 11.9. The first-order valence-electron chi connectivity index (χ1n) is 3.06. The molecule has 0 unspecified atom stereocenters. The first-order valence-corrected chi connectivity index (χ1v) is 3.06. The molecule has 2 N–H and O–H groups in total. The fraction of sp³-hybridized carbons (Fsp3) is 0.250. The second-order valence-corrected chi connectivity index (χ2v) is 2.17. The summed E-state index contributed by atoms with van der Waals surface area (Å²) in [5.74, 6) is -1.87. The van der Waals surface area contributed by atoms with E-state index >= 15 is 0 Å². The molecule has 0 radical (unpaired) electrons. The molecular formula is C8H20O4Si2. The largest absolute Gasteiger partial charge is 0.478 e. The topological polar surface area (TPSA) is 74.6 Å². The van der Waals surface area contributed by atoms with Gasteiger partial charge in [-0.15, -0.1) is 0 Å². The van der Waals surface area contributed by atoms with E-state index in [2.05, 4.69) is 13.2 Å². The number of carboxylic acid groups (broad SMARTS) is 2. The van der Waals surface area contributed by atoms with Gasteiger partial charge in [-0.25, -0.2) is 9.59 Å². The van der Waals surface area contributed by atoms with Crippen LogP contribution in [0.1, 0.15) is 13.8 Å². The van der Waals surface area contributed by atoms with Gasteiger partial charge in [0.05, 0.1) is 0 Å². The third kappa shape index (κ3) is 22.4. The maximum absolute atomic E-state index is 9.60. The molecule has 6 heteroatoms. The van der Waals surface area contributed by atoms with Crippen molar-refractivity contribution in [3.8, 4) is 0 Å². The van der Waals surface area contributed by atoms with Crippen LogP contribution in [0, 0.1) is 0 Å². The van der Waals surface area contributed by atoms with E-state index < -0.39 is 11.9 Å². The zero-order chi connectivity index (χ0) is 10.3. The summed E-state index contributed by atoms with van der Waals surface area (Å²) in [4.78, 5) is 19.2. The molecule has 0 bridgehead atoms. The monoisotopic (exact) mass is 236 g/mol. The van der Waals surface area contributed by atoms with Crippen molar-refractivity contribution in [1.29, 1.82) is 0 Å². The minimum atomic E-state index is -0.935. The molecule has 0 heterocycles. The Labute approximate surface area is 92.4 Å². The lowest BCUT2D eigenvalue weighted by molar-refractivity contribution is -0.133. The molecule has 0 saturated heterocycles. The van der Waals surface area contributed by atoms with Gasteiger partial charge in [0.1, 0.15) is 0 Å². The van der Waals surface area contributed by atoms with E-state index in [-0.39, 0.29) is 33.1 Å². The van der Waals surface area contributed by atoms with E-state index in [0.29, 0.717) is 0 Å². The number of carboxylic acids is 2. The highest BCUT2D eigenvalue weighted by atomic mass is 28.1. The molecule has 4 nitrogen and oxygen atoms in total. The quantitative estimate of drug-likeness (QED) is 0.447. The van der Waals surface area contributed by atoms with E-state index in [0.717, 1.165) is 0 Å². The molecule has 0 saturated carbocycles. The molecule has 0 amide bonds. The number of hydrogen-bond donors (Lipinski definition) is 2. The van der Waals surface area contributed by atoms with Crippen molar-refractivity contribution in [2.24, 2.45) is 0 Å². The summed E-state index contributed by atoms with van der Waals surface area (Å²) >= 11 is 0. The van der Waals surface area contributed by atoms with Gasteiger partial charge in [-0.2, -0.15) is 0 Å². The molecule has 0 rings (SSSR count). The summed E-state index contributed by atoms with van der Waals surface area (Å²) < 4.78 is 0. The first kappa shape index (κ1) is 23.0. The number of carbonyl (C=O) groups is 2. The third-order valence-corrected chi connectivity index (χ3v) is 0.730. The normalized spacial score (nSPS) is 6.43.